The van der Waals surface area contributed by atoms with Crippen LogP contribution in [0.25, 0.3) is 0 Å². The Kier molecular flexibility index (Phi) is 3.99. The quantitative estimate of drug-likeness (QED) is 0.840. The van der Waals surface area contributed by atoms with E-state index in [9.17, 15) is 0 Å². The van der Waals surface area contributed by atoms with Gasteiger partial charge >= 0.3 is 0 Å². The Morgan fingerprint density at radius 2 is 2.05 bits per heavy atom. The fraction of sp³-hybridized carbons (Fsp3) is 0.200. The predicted octanol–water partition coefficient (Wildman–Crippen LogP) is 2.60. The summed E-state index contributed by atoms with van der Waals surface area (Å²) in [7, 11) is 3.59. The summed E-state index contributed by atoms with van der Waals surface area (Å²) < 4.78 is 5.33. The van der Waals surface area contributed by atoms with E-state index in [-0.39, 0.29) is 0 Å². The molecule has 0 bridgehead atoms. The zero-order chi connectivity index (χ0) is 13.7. The van der Waals surface area contributed by atoms with Crippen LogP contribution in [0.3, 0.4) is 0 Å². The highest BCUT2D eigenvalue weighted by Crippen LogP contribution is 2.23. The van der Waals surface area contributed by atoms with Crippen molar-refractivity contribution in [2.45, 2.75) is 6.54 Å². The summed E-state index contributed by atoms with van der Waals surface area (Å²) in [5, 5.41) is 9.07. The largest absolute Gasteiger partial charge is 0.496 e. The number of para-hydroxylation sites is 1. The molecular formula is C15H15N3O. The van der Waals surface area contributed by atoms with Crippen LogP contribution in [0.15, 0.2) is 42.6 Å². The van der Waals surface area contributed by atoms with E-state index in [0.29, 0.717) is 12.2 Å². The standard InChI is InChI=1S/C15H15N3O/c1-18(14-7-5-9-17-13(14)10-16)11-12-6-3-4-8-15(12)19-2/h3-9H,11H2,1-2H3. The Bertz CT molecular complexity index is 604. The summed E-state index contributed by atoms with van der Waals surface area (Å²) in [4.78, 5) is 6.06. The van der Waals surface area contributed by atoms with Gasteiger partial charge in [-0.3, -0.25) is 0 Å². The minimum Gasteiger partial charge on any atom is -0.496 e. The molecular weight excluding hydrogens is 238 g/mol. The Balaban J connectivity index is 2.26. The van der Waals surface area contributed by atoms with Crippen LogP contribution in [-0.2, 0) is 6.54 Å². The van der Waals surface area contributed by atoms with Crippen molar-refractivity contribution in [2.75, 3.05) is 19.1 Å². The first kappa shape index (κ1) is 12.9. The van der Waals surface area contributed by atoms with E-state index < -0.39 is 0 Å². The summed E-state index contributed by atoms with van der Waals surface area (Å²) in [6.45, 7) is 0.657. The van der Waals surface area contributed by atoms with Gasteiger partial charge in [-0.25, -0.2) is 4.98 Å². The molecule has 0 amide bonds. The maximum atomic E-state index is 9.07. The van der Waals surface area contributed by atoms with Gasteiger partial charge in [-0.2, -0.15) is 5.26 Å². The molecule has 1 heterocycles. The number of hydrogen-bond donors (Lipinski definition) is 0. The van der Waals surface area contributed by atoms with E-state index in [1.165, 1.54) is 0 Å². The first-order chi connectivity index (χ1) is 9.26. The third kappa shape index (κ3) is 2.83. The highest BCUT2D eigenvalue weighted by atomic mass is 16.5. The Labute approximate surface area is 112 Å². The minimum atomic E-state index is 0.430. The van der Waals surface area contributed by atoms with Crippen molar-refractivity contribution in [3.63, 3.8) is 0 Å². The predicted molar refractivity (Wildman–Crippen MR) is 74.1 cm³/mol. The first-order valence-corrected chi connectivity index (χ1v) is 5.94. The van der Waals surface area contributed by atoms with Crippen molar-refractivity contribution in [3.05, 3.63) is 53.9 Å². The first-order valence-electron chi connectivity index (χ1n) is 5.94. The molecule has 0 spiro atoms. The number of benzene rings is 1. The SMILES string of the molecule is COc1ccccc1CN(C)c1cccnc1C#N. The second-order valence-corrected chi connectivity index (χ2v) is 4.15. The molecule has 1 aromatic carbocycles. The molecule has 0 aliphatic carbocycles. The molecule has 0 unspecified atom stereocenters. The van der Waals surface area contributed by atoms with Crippen molar-refractivity contribution in [3.8, 4) is 11.8 Å². The van der Waals surface area contributed by atoms with Gasteiger partial charge < -0.3 is 9.64 Å². The van der Waals surface area contributed by atoms with Gasteiger partial charge in [0.05, 0.1) is 12.8 Å². The molecule has 0 N–H and O–H groups in total. The van der Waals surface area contributed by atoms with Crippen molar-refractivity contribution in [2.24, 2.45) is 0 Å². The number of aromatic nitrogens is 1. The lowest BCUT2D eigenvalue weighted by Gasteiger charge is -2.21. The van der Waals surface area contributed by atoms with Gasteiger partial charge in [0.15, 0.2) is 5.69 Å². The van der Waals surface area contributed by atoms with Crippen molar-refractivity contribution < 1.29 is 4.74 Å². The summed E-state index contributed by atoms with van der Waals surface area (Å²) >= 11 is 0. The smallest absolute Gasteiger partial charge is 0.163 e. The molecule has 0 saturated carbocycles. The average molecular weight is 253 g/mol. The molecule has 4 heteroatoms. The number of hydrogen-bond acceptors (Lipinski definition) is 4. The fourth-order valence-corrected chi connectivity index (χ4v) is 1.97. The van der Waals surface area contributed by atoms with Crippen LogP contribution in [0.4, 0.5) is 5.69 Å². The Morgan fingerprint density at radius 3 is 2.79 bits per heavy atom. The zero-order valence-corrected chi connectivity index (χ0v) is 11.0. The molecule has 0 fully saturated rings. The van der Waals surface area contributed by atoms with Gasteiger partial charge in [-0.15, -0.1) is 0 Å². The second kappa shape index (κ2) is 5.87. The number of pyridine rings is 1. The summed E-state index contributed by atoms with van der Waals surface area (Å²) in [6.07, 6.45) is 1.62. The zero-order valence-electron chi connectivity index (χ0n) is 11.0. The number of rotatable bonds is 4. The molecule has 4 nitrogen and oxygen atoms in total. The summed E-state index contributed by atoms with van der Waals surface area (Å²) in [5.74, 6) is 0.844. The average Bonchev–Trinajstić information content (AvgIpc) is 2.47. The number of methoxy groups -OCH3 is 1. The molecule has 0 aliphatic heterocycles. The van der Waals surface area contributed by atoms with Crippen LogP contribution < -0.4 is 9.64 Å². The van der Waals surface area contributed by atoms with Gasteiger partial charge in [0, 0.05) is 25.4 Å². The molecule has 19 heavy (non-hydrogen) atoms. The Morgan fingerprint density at radius 1 is 1.26 bits per heavy atom. The fourth-order valence-electron chi connectivity index (χ4n) is 1.97. The normalized spacial score (nSPS) is 9.74. The van der Waals surface area contributed by atoms with Crippen LogP contribution in [0.2, 0.25) is 0 Å². The highest BCUT2D eigenvalue weighted by molar-refractivity contribution is 5.55. The maximum Gasteiger partial charge on any atom is 0.163 e. The van der Waals surface area contributed by atoms with Crippen LogP contribution in [0.1, 0.15) is 11.3 Å². The van der Waals surface area contributed by atoms with E-state index in [1.807, 2.05) is 48.3 Å². The molecule has 0 radical (unpaired) electrons. The number of nitriles is 1. The van der Waals surface area contributed by atoms with Gasteiger partial charge in [-0.05, 0) is 18.2 Å². The molecule has 96 valence electrons. The molecule has 0 aliphatic rings. The van der Waals surface area contributed by atoms with E-state index in [2.05, 4.69) is 11.1 Å². The molecule has 1 aromatic heterocycles. The topological polar surface area (TPSA) is 49.1 Å². The molecule has 2 rings (SSSR count). The Hall–Kier alpha value is -2.54. The highest BCUT2D eigenvalue weighted by Gasteiger charge is 2.10. The summed E-state index contributed by atoms with van der Waals surface area (Å²) in [6, 6.07) is 13.7. The van der Waals surface area contributed by atoms with E-state index in [4.69, 9.17) is 10.00 Å². The molecule has 0 saturated heterocycles. The lowest BCUT2D eigenvalue weighted by Crippen LogP contribution is -2.18. The van der Waals surface area contributed by atoms with Crippen molar-refractivity contribution in [1.29, 1.82) is 5.26 Å². The van der Waals surface area contributed by atoms with E-state index >= 15 is 0 Å². The van der Waals surface area contributed by atoms with Gasteiger partial charge in [0.25, 0.3) is 0 Å². The maximum absolute atomic E-state index is 9.07. The van der Waals surface area contributed by atoms with E-state index in [0.717, 1.165) is 17.0 Å². The lowest BCUT2D eigenvalue weighted by atomic mass is 10.1. The van der Waals surface area contributed by atoms with Crippen molar-refractivity contribution in [1.82, 2.24) is 4.98 Å². The lowest BCUT2D eigenvalue weighted by molar-refractivity contribution is 0.409. The number of nitrogens with zero attached hydrogens (tertiary/aromatic N) is 3. The van der Waals surface area contributed by atoms with Gasteiger partial charge in [-0.1, -0.05) is 18.2 Å². The second-order valence-electron chi connectivity index (χ2n) is 4.15. The van der Waals surface area contributed by atoms with Crippen LogP contribution in [-0.4, -0.2) is 19.1 Å². The summed E-state index contributed by atoms with van der Waals surface area (Å²) in [5.41, 5.74) is 2.32. The van der Waals surface area contributed by atoms with E-state index in [1.54, 1.807) is 13.3 Å². The number of anilines is 1. The third-order valence-electron chi connectivity index (χ3n) is 2.90. The third-order valence-corrected chi connectivity index (χ3v) is 2.90. The van der Waals surface area contributed by atoms with Crippen molar-refractivity contribution >= 4 is 5.69 Å². The number of ether oxygens (including phenoxy) is 1. The minimum absolute atomic E-state index is 0.430. The van der Waals surface area contributed by atoms with Gasteiger partial charge in [0.2, 0.25) is 0 Å². The molecule has 2 aromatic rings. The monoisotopic (exact) mass is 253 g/mol. The van der Waals surface area contributed by atoms with Crippen LogP contribution in [0.5, 0.6) is 5.75 Å². The molecule has 0 atom stereocenters. The van der Waals surface area contributed by atoms with Crippen LogP contribution >= 0.6 is 0 Å². The van der Waals surface area contributed by atoms with Gasteiger partial charge in [0.1, 0.15) is 11.8 Å². The van der Waals surface area contributed by atoms with Crippen LogP contribution in [0, 0.1) is 11.3 Å².